The predicted octanol–water partition coefficient (Wildman–Crippen LogP) is 3.16. The van der Waals surface area contributed by atoms with Crippen LogP contribution in [0.25, 0.3) is 0 Å². The monoisotopic (exact) mass is 484 g/mol. The highest BCUT2D eigenvalue weighted by atomic mass is 32.2. The van der Waals surface area contributed by atoms with E-state index < -0.39 is 22.1 Å². The molecule has 2 unspecified atom stereocenters. The van der Waals surface area contributed by atoms with E-state index in [2.05, 4.69) is 10.0 Å². The number of hydrogen-bond acceptors (Lipinski definition) is 7. The van der Waals surface area contributed by atoms with Gasteiger partial charge in [0.05, 0.1) is 30.7 Å². The number of methoxy groups -OCH3 is 1. The number of nitrogens with one attached hydrogen (secondary N) is 2. The molecule has 0 bridgehead atoms. The molecule has 0 aliphatic carbocycles. The van der Waals surface area contributed by atoms with Crippen molar-refractivity contribution in [3.05, 3.63) is 95.1 Å². The number of hydrogen-bond donors (Lipinski definition) is 4. The van der Waals surface area contributed by atoms with Crippen molar-refractivity contribution < 1.29 is 28.2 Å². The van der Waals surface area contributed by atoms with Crippen molar-refractivity contribution in [2.75, 3.05) is 24.6 Å². The van der Waals surface area contributed by atoms with Crippen LogP contribution in [0.1, 0.15) is 39.2 Å². The van der Waals surface area contributed by atoms with Crippen molar-refractivity contribution in [2.45, 2.75) is 18.6 Å². The first-order valence-electron chi connectivity index (χ1n) is 10.6. The molecule has 3 aromatic rings. The van der Waals surface area contributed by atoms with Gasteiger partial charge in [-0.05, 0) is 47.4 Å². The molecule has 2 atom stereocenters. The maximum absolute atomic E-state index is 11.8. The van der Waals surface area contributed by atoms with Crippen LogP contribution in [0, 0.1) is 0 Å². The van der Waals surface area contributed by atoms with E-state index in [0.29, 0.717) is 17.5 Å². The van der Waals surface area contributed by atoms with Gasteiger partial charge in [0.2, 0.25) is 10.0 Å². The largest absolute Gasteiger partial charge is 0.506 e. The summed E-state index contributed by atoms with van der Waals surface area (Å²) in [6, 6.07) is 21.0. The summed E-state index contributed by atoms with van der Waals surface area (Å²) in [6.07, 6.45) is 0.659. The number of aliphatic hydroxyl groups is 1. The minimum Gasteiger partial charge on any atom is -0.506 e. The Balaban J connectivity index is 1.78. The van der Waals surface area contributed by atoms with Gasteiger partial charge in [-0.25, -0.2) is 13.2 Å². The van der Waals surface area contributed by atoms with Crippen LogP contribution in [0.5, 0.6) is 5.75 Å². The third-order valence-corrected chi connectivity index (χ3v) is 5.87. The third-order valence-electron chi connectivity index (χ3n) is 5.28. The Labute approximate surface area is 199 Å². The molecule has 4 N–H and O–H groups in total. The SMILES string of the molecule is COC(=O)c1ccc(C(Cc2ccccc2)NCC(O)c2ccc(O)c(NS(C)(=O)=O)c2)cc1. The van der Waals surface area contributed by atoms with E-state index in [-0.39, 0.29) is 24.0 Å². The van der Waals surface area contributed by atoms with E-state index in [1.54, 1.807) is 12.1 Å². The van der Waals surface area contributed by atoms with E-state index in [1.165, 1.54) is 25.3 Å². The quantitative estimate of drug-likeness (QED) is 0.257. The zero-order valence-corrected chi connectivity index (χ0v) is 19.7. The highest BCUT2D eigenvalue weighted by molar-refractivity contribution is 7.92. The lowest BCUT2D eigenvalue weighted by molar-refractivity contribution is 0.0600. The van der Waals surface area contributed by atoms with Crippen LogP contribution in [-0.4, -0.2) is 44.5 Å². The van der Waals surface area contributed by atoms with Gasteiger partial charge in [0.15, 0.2) is 0 Å². The topological polar surface area (TPSA) is 125 Å². The number of aliphatic hydroxyl groups excluding tert-OH is 1. The lowest BCUT2D eigenvalue weighted by atomic mass is 9.97. The number of carbonyl (C=O) groups excluding carboxylic acids is 1. The van der Waals surface area contributed by atoms with Crippen LogP contribution in [0.2, 0.25) is 0 Å². The van der Waals surface area contributed by atoms with E-state index in [4.69, 9.17) is 4.74 Å². The van der Waals surface area contributed by atoms with Crippen LogP contribution in [0.15, 0.2) is 72.8 Å². The summed E-state index contributed by atoms with van der Waals surface area (Å²) in [4.78, 5) is 11.8. The number of sulfonamides is 1. The predicted molar refractivity (Wildman–Crippen MR) is 130 cm³/mol. The van der Waals surface area contributed by atoms with Crippen LogP contribution < -0.4 is 10.0 Å². The van der Waals surface area contributed by atoms with Crippen molar-refractivity contribution >= 4 is 21.7 Å². The maximum atomic E-state index is 11.8. The number of esters is 1. The molecule has 0 fully saturated rings. The van der Waals surface area contributed by atoms with E-state index in [1.807, 2.05) is 42.5 Å². The standard InChI is InChI=1S/C25H28N2O6S/c1-33-25(30)19-10-8-18(9-11-19)21(14-17-6-4-3-5-7-17)26-16-24(29)20-12-13-23(28)22(15-20)27-34(2,31)32/h3-13,15,21,24,26-29H,14,16H2,1-2H3. The smallest absolute Gasteiger partial charge is 0.337 e. The molecule has 0 saturated carbocycles. The third kappa shape index (κ3) is 7.05. The summed E-state index contributed by atoms with van der Waals surface area (Å²) < 4.78 is 30.1. The molecule has 8 nitrogen and oxygen atoms in total. The van der Waals surface area contributed by atoms with Crippen molar-refractivity contribution in [1.82, 2.24) is 5.32 Å². The number of ether oxygens (including phenoxy) is 1. The second kappa shape index (κ2) is 11.1. The summed E-state index contributed by atoms with van der Waals surface area (Å²) in [5.74, 6) is -0.651. The highest BCUT2D eigenvalue weighted by Crippen LogP contribution is 2.28. The maximum Gasteiger partial charge on any atom is 0.337 e. The number of rotatable bonds is 10. The first-order chi connectivity index (χ1) is 16.2. The lowest BCUT2D eigenvalue weighted by Gasteiger charge is -2.22. The average Bonchev–Trinajstić information content (AvgIpc) is 2.82. The normalized spacial score (nSPS) is 13.1. The second-order valence-corrected chi connectivity index (χ2v) is 9.68. The Morgan fingerprint density at radius 3 is 2.26 bits per heavy atom. The molecule has 0 aliphatic rings. The Kier molecular flexibility index (Phi) is 8.27. The molecular formula is C25H28N2O6S. The molecule has 0 amide bonds. The van der Waals surface area contributed by atoms with Crippen molar-refractivity contribution in [3.8, 4) is 5.75 Å². The highest BCUT2D eigenvalue weighted by Gasteiger charge is 2.18. The first-order valence-corrected chi connectivity index (χ1v) is 12.5. The summed E-state index contributed by atoms with van der Waals surface area (Å²) >= 11 is 0. The van der Waals surface area contributed by atoms with Gasteiger partial charge in [-0.2, -0.15) is 0 Å². The molecule has 9 heteroatoms. The van der Waals surface area contributed by atoms with Crippen LogP contribution in [0.3, 0.4) is 0 Å². The van der Waals surface area contributed by atoms with E-state index in [9.17, 15) is 23.4 Å². The Bertz CT molecular complexity index is 1210. The first kappa shape index (κ1) is 25.2. The van der Waals surface area contributed by atoms with Gasteiger partial charge >= 0.3 is 5.97 Å². The number of carbonyl (C=O) groups is 1. The molecule has 0 saturated heterocycles. The Morgan fingerprint density at radius 2 is 1.65 bits per heavy atom. The molecule has 0 aromatic heterocycles. The number of phenols is 1. The summed E-state index contributed by atoms with van der Waals surface area (Å²) in [5, 5.41) is 24.1. The fourth-order valence-electron chi connectivity index (χ4n) is 3.54. The number of phenolic OH excluding ortho intramolecular Hbond substituents is 1. The fourth-order valence-corrected chi connectivity index (χ4v) is 4.10. The van der Waals surface area contributed by atoms with E-state index >= 15 is 0 Å². The van der Waals surface area contributed by atoms with Gasteiger partial charge < -0.3 is 20.3 Å². The zero-order valence-electron chi connectivity index (χ0n) is 18.9. The zero-order chi connectivity index (χ0) is 24.7. The van der Waals surface area contributed by atoms with Crippen molar-refractivity contribution in [3.63, 3.8) is 0 Å². The van der Waals surface area contributed by atoms with Crippen LogP contribution in [-0.2, 0) is 21.2 Å². The molecule has 3 aromatic carbocycles. The van der Waals surface area contributed by atoms with Crippen molar-refractivity contribution in [1.29, 1.82) is 0 Å². The number of aromatic hydroxyl groups is 1. The minimum atomic E-state index is -3.59. The van der Waals surface area contributed by atoms with Gasteiger partial charge in [-0.1, -0.05) is 48.5 Å². The lowest BCUT2D eigenvalue weighted by Crippen LogP contribution is -2.28. The summed E-state index contributed by atoms with van der Waals surface area (Å²) in [6.45, 7) is 0.166. The Morgan fingerprint density at radius 1 is 1.00 bits per heavy atom. The number of benzene rings is 3. The van der Waals surface area contributed by atoms with Gasteiger partial charge in [-0.15, -0.1) is 0 Å². The average molecular weight is 485 g/mol. The fraction of sp³-hybridized carbons (Fsp3) is 0.240. The summed E-state index contributed by atoms with van der Waals surface area (Å²) in [7, 11) is -2.26. The van der Waals surface area contributed by atoms with Gasteiger partial charge in [-0.3, -0.25) is 4.72 Å². The molecule has 0 heterocycles. The van der Waals surface area contributed by atoms with E-state index in [0.717, 1.165) is 17.4 Å². The number of anilines is 1. The molecule has 180 valence electrons. The molecule has 0 radical (unpaired) electrons. The van der Waals surface area contributed by atoms with Crippen molar-refractivity contribution in [2.24, 2.45) is 0 Å². The molecule has 34 heavy (non-hydrogen) atoms. The molecule has 0 aliphatic heterocycles. The van der Waals surface area contributed by atoms with Gasteiger partial charge in [0.1, 0.15) is 5.75 Å². The molecule has 3 rings (SSSR count). The Hall–Kier alpha value is -3.40. The van der Waals surface area contributed by atoms with Gasteiger partial charge in [0.25, 0.3) is 0 Å². The minimum absolute atomic E-state index is 0.00159. The molecule has 0 spiro atoms. The second-order valence-electron chi connectivity index (χ2n) is 7.93. The van der Waals surface area contributed by atoms with Crippen LogP contribution in [0.4, 0.5) is 5.69 Å². The van der Waals surface area contributed by atoms with Gasteiger partial charge in [0, 0.05) is 12.6 Å². The summed E-state index contributed by atoms with van der Waals surface area (Å²) in [5.41, 5.74) is 2.90. The van der Waals surface area contributed by atoms with Crippen LogP contribution >= 0.6 is 0 Å². The molecular weight excluding hydrogens is 456 g/mol.